The highest BCUT2D eigenvalue weighted by atomic mass is 16.5. The van der Waals surface area contributed by atoms with Crippen LogP contribution in [-0.2, 0) is 27.4 Å². The highest BCUT2D eigenvalue weighted by Crippen LogP contribution is 2.20. The summed E-state index contributed by atoms with van der Waals surface area (Å²) >= 11 is 0. The van der Waals surface area contributed by atoms with Gasteiger partial charge in [0.05, 0.1) is 17.6 Å². The molecule has 26 heavy (non-hydrogen) atoms. The minimum atomic E-state index is -0.406. The van der Waals surface area contributed by atoms with Crippen molar-refractivity contribution >= 4 is 11.9 Å². The van der Waals surface area contributed by atoms with Gasteiger partial charge in [0.1, 0.15) is 6.61 Å². The molecule has 132 valence electrons. The number of rotatable bonds is 6. The molecule has 1 aliphatic rings. The molecular weight excluding hydrogens is 328 g/mol. The van der Waals surface area contributed by atoms with Gasteiger partial charge >= 0.3 is 5.97 Å². The summed E-state index contributed by atoms with van der Waals surface area (Å²) < 4.78 is 5.34. The lowest BCUT2D eigenvalue weighted by Crippen LogP contribution is -2.28. The van der Waals surface area contributed by atoms with Gasteiger partial charge in [-0.05, 0) is 29.7 Å². The lowest BCUT2D eigenvalue weighted by atomic mass is 10.1. The van der Waals surface area contributed by atoms with Gasteiger partial charge in [-0.15, -0.1) is 0 Å². The second-order valence-electron chi connectivity index (χ2n) is 6.39. The first-order valence-corrected chi connectivity index (χ1v) is 8.63. The van der Waals surface area contributed by atoms with Crippen molar-refractivity contribution in [1.82, 2.24) is 4.90 Å². The van der Waals surface area contributed by atoms with E-state index in [4.69, 9.17) is 10.00 Å². The van der Waals surface area contributed by atoms with Crippen LogP contribution < -0.4 is 0 Å². The van der Waals surface area contributed by atoms with Gasteiger partial charge in [-0.25, -0.2) is 0 Å². The van der Waals surface area contributed by atoms with E-state index in [0.29, 0.717) is 18.7 Å². The topological polar surface area (TPSA) is 70.4 Å². The molecule has 1 heterocycles. The summed E-state index contributed by atoms with van der Waals surface area (Å²) in [6, 6.07) is 18.9. The number of esters is 1. The highest BCUT2D eigenvalue weighted by Gasteiger charge is 2.35. The zero-order valence-corrected chi connectivity index (χ0v) is 14.4. The van der Waals surface area contributed by atoms with E-state index in [-0.39, 0.29) is 24.9 Å². The first-order valence-electron chi connectivity index (χ1n) is 8.63. The van der Waals surface area contributed by atoms with Gasteiger partial charge in [0.25, 0.3) is 0 Å². The largest absolute Gasteiger partial charge is 0.461 e. The van der Waals surface area contributed by atoms with E-state index in [9.17, 15) is 9.59 Å². The molecule has 1 atom stereocenters. The minimum absolute atomic E-state index is 0.00116. The van der Waals surface area contributed by atoms with Crippen LogP contribution in [0.2, 0.25) is 0 Å². The summed E-state index contributed by atoms with van der Waals surface area (Å²) in [7, 11) is 0. The molecular formula is C21H20N2O3. The number of hydrogen-bond acceptors (Lipinski definition) is 4. The number of benzene rings is 2. The number of hydrogen-bond donors (Lipinski definition) is 0. The van der Waals surface area contributed by atoms with Crippen molar-refractivity contribution in [3.05, 3.63) is 71.3 Å². The Bertz CT molecular complexity index is 809. The predicted molar refractivity (Wildman–Crippen MR) is 95.8 cm³/mol. The van der Waals surface area contributed by atoms with Crippen LogP contribution in [0.3, 0.4) is 0 Å². The second kappa shape index (κ2) is 8.30. The molecule has 0 N–H and O–H groups in total. The molecule has 0 spiro atoms. The zero-order valence-electron chi connectivity index (χ0n) is 14.4. The van der Waals surface area contributed by atoms with Crippen molar-refractivity contribution in [2.45, 2.75) is 19.4 Å². The summed E-state index contributed by atoms with van der Waals surface area (Å²) in [5.74, 6) is -0.747. The van der Waals surface area contributed by atoms with E-state index in [1.54, 1.807) is 29.2 Å². The molecule has 2 aromatic carbocycles. The standard InChI is InChI=1S/C21H20N2O3/c22-13-17-6-8-18(9-7-17)15-26-21(25)19-12-20(24)23(14-19)11-10-16-4-2-1-3-5-16/h1-9,19H,10-12,14-15H2/t19-/m0/s1. The van der Waals surface area contributed by atoms with Gasteiger partial charge in [0.2, 0.25) is 5.91 Å². The summed E-state index contributed by atoms with van der Waals surface area (Å²) in [6.45, 7) is 1.18. The number of nitrogens with zero attached hydrogens (tertiary/aromatic N) is 2. The van der Waals surface area contributed by atoms with Crippen LogP contribution in [0.15, 0.2) is 54.6 Å². The molecule has 0 bridgehead atoms. The molecule has 0 saturated carbocycles. The van der Waals surface area contributed by atoms with Crippen molar-refractivity contribution in [2.75, 3.05) is 13.1 Å². The molecule has 5 nitrogen and oxygen atoms in total. The Kier molecular flexibility index (Phi) is 5.65. The Morgan fingerprint density at radius 3 is 2.54 bits per heavy atom. The number of carbonyl (C=O) groups excluding carboxylic acids is 2. The minimum Gasteiger partial charge on any atom is -0.461 e. The van der Waals surface area contributed by atoms with Crippen LogP contribution >= 0.6 is 0 Å². The molecule has 5 heteroatoms. The molecule has 2 aromatic rings. The van der Waals surface area contributed by atoms with Gasteiger partial charge in [-0.1, -0.05) is 42.5 Å². The van der Waals surface area contributed by atoms with Gasteiger partial charge in [-0.3, -0.25) is 9.59 Å². The Hall–Kier alpha value is -3.13. The molecule has 1 amide bonds. The normalized spacial score (nSPS) is 16.3. The second-order valence-corrected chi connectivity index (χ2v) is 6.39. The number of amides is 1. The van der Waals surface area contributed by atoms with Gasteiger partial charge in [0.15, 0.2) is 0 Å². The Labute approximate surface area is 152 Å². The fraction of sp³-hybridized carbons (Fsp3) is 0.286. The first-order chi connectivity index (χ1) is 12.7. The van der Waals surface area contributed by atoms with Gasteiger partial charge in [0, 0.05) is 19.5 Å². The van der Waals surface area contributed by atoms with Gasteiger partial charge in [-0.2, -0.15) is 5.26 Å². The van der Waals surface area contributed by atoms with Crippen LogP contribution in [0.25, 0.3) is 0 Å². The van der Waals surface area contributed by atoms with E-state index in [1.165, 1.54) is 5.56 Å². The molecule has 1 fully saturated rings. The van der Waals surface area contributed by atoms with Crippen molar-refractivity contribution in [2.24, 2.45) is 5.92 Å². The molecule has 0 unspecified atom stereocenters. The number of carbonyl (C=O) groups is 2. The molecule has 0 aliphatic carbocycles. The van der Waals surface area contributed by atoms with Crippen LogP contribution in [-0.4, -0.2) is 29.9 Å². The maximum Gasteiger partial charge on any atom is 0.311 e. The smallest absolute Gasteiger partial charge is 0.311 e. The zero-order chi connectivity index (χ0) is 18.4. The van der Waals surface area contributed by atoms with Crippen molar-refractivity contribution in [3.8, 4) is 6.07 Å². The summed E-state index contributed by atoms with van der Waals surface area (Å²) in [6.07, 6.45) is 0.987. The average molecular weight is 348 g/mol. The SMILES string of the molecule is N#Cc1ccc(COC(=O)[C@H]2CC(=O)N(CCc3ccccc3)C2)cc1. The number of likely N-dealkylation sites (tertiary alicyclic amines) is 1. The van der Waals surface area contributed by atoms with Crippen LogP contribution in [0, 0.1) is 17.2 Å². The molecule has 3 rings (SSSR count). The predicted octanol–water partition coefficient (Wildman–Crippen LogP) is 2.69. The molecule has 0 aromatic heterocycles. The summed E-state index contributed by atoms with van der Waals surface area (Å²) in [5.41, 5.74) is 2.56. The molecule has 1 saturated heterocycles. The maximum absolute atomic E-state index is 12.3. The van der Waals surface area contributed by atoms with E-state index in [2.05, 4.69) is 0 Å². The third-order valence-electron chi connectivity index (χ3n) is 4.53. The quantitative estimate of drug-likeness (QED) is 0.753. The lowest BCUT2D eigenvalue weighted by molar-refractivity contribution is -0.149. The van der Waals surface area contributed by atoms with E-state index >= 15 is 0 Å². The fourth-order valence-corrected chi connectivity index (χ4v) is 3.00. The van der Waals surface area contributed by atoms with Crippen LogP contribution in [0.4, 0.5) is 0 Å². The van der Waals surface area contributed by atoms with Gasteiger partial charge < -0.3 is 9.64 Å². The third-order valence-corrected chi connectivity index (χ3v) is 4.53. The Morgan fingerprint density at radius 2 is 1.85 bits per heavy atom. The third kappa shape index (κ3) is 4.48. The van der Waals surface area contributed by atoms with Crippen molar-refractivity contribution < 1.29 is 14.3 Å². The monoisotopic (exact) mass is 348 g/mol. The van der Waals surface area contributed by atoms with Crippen molar-refractivity contribution in [1.29, 1.82) is 5.26 Å². The average Bonchev–Trinajstić information content (AvgIpc) is 3.06. The summed E-state index contributed by atoms with van der Waals surface area (Å²) in [5, 5.41) is 8.78. The van der Waals surface area contributed by atoms with E-state index in [1.807, 2.05) is 36.4 Å². The number of ether oxygens (including phenoxy) is 1. The van der Waals surface area contributed by atoms with Crippen LogP contribution in [0.5, 0.6) is 0 Å². The fourth-order valence-electron chi connectivity index (χ4n) is 3.00. The molecule has 1 aliphatic heterocycles. The number of nitriles is 1. The Balaban J connectivity index is 1.47. The first kappa shape index (κ1) is 17.7. The van der Waals surface area contributed by atoms with Crippen molar-refractivity contribution in [3.63, 3.8) is 0 Å². The Morgan fingerprint density at radius 1 is 1.12 bits per heavy atom. The lowest BCUT2D eigenvalue weighted by Gasteiger charge is -2.16. The van der Waals surface area contributed by atoms with Crippen LogP contribution in [0.1, 0.15) is 23.1 Å². The van der Waals surface area contributed by atoms with E-state index in [0.717, 1.165) is 12.0 Å². The highest BCUT2D eigenvalue weighted by molar-refractivity contribution is 5.86. The summed E-state index contributed by atoms with van der Waals surface area (Å²) in [4.78, 5) is 26.1. The van der Waals surface area contributed by atoms with E-state index < -0.39 is 5.92 Å². The maximum atomic E-state index is 12.3. The molecule has 0 radical (unpaired) electrons.